The van der Waals surface area contributed by atoms with Crippen LogP contribution in [0.15, 0.2) is 42.5 Å². The maximum Gasteiger partial charge on any atom is 0.408 e. The van der Waals surface area contributed by atoms with Crippen LogP contribution in [0.4, 0.5) is 10.5 Å². The van der Waals surface area contributed by atoms with Crippen LogP contribution in [0, 0.1) is 19.8 Å². The summed E-state index contributed by atoms with van der Waals surface area (Å²) in [5.41, 5.74) is 1.78. The molecule has 2 N–H and O–H groups in total. The summed E-state index contributed by atoms with van der Waals surface area (Å²) in [5.74, 6) is -0.235. The summed E-state index contributed by atoms with van der Waals surface area (Å²) < 4.78 is 10.8. The Balaban J connectivity index is 2.69. The lowest BCUT2D eigenvalue weighted by Gasteiger charge is -2.45. The molecular formula is C33H49N3O5. The first-order valence-corrected chi connectivity index (χ1v) is 14.4. The Morgan fingerprint density at radius 3 is 2.05 bits per heavy atom. The zero-order valence-electron chi connectivity index (χ0n) is 26.7. The number of hydrogen-bond acceptors (Lipinski definition) is 5. The number of carbonyl (C=O) groups excluding carboxylic acids is 3. The van der Waals surface area contributed by atoms with E-state index in [1.54, 1.807) is 57.0 Å². The van der Waals surface area contributed by atoms with Gasteiger partial charge in [0.1, 0.15) is 23.4 Å². The van der Waals surface area contributed by atoms with E-state index in [2.05, 4.69) is 10.6 Å². The van der Waals surface area contributed by atoms with E-state index in [0.717, 1.165) is 16.7 Å². The average molecular weight is 568 g/mol. The molecule has 0 saturated carbocycles. The number of benzene rings is 2. The number of nitrogens with one attached hydrogen (secondary N) is 2. The Labute approximate surface area is 246 Å². The molecule has 0 heterocycles. The second-order valence-electron chi connectivity index (χ2n) is 12.4. The van der Waals surface area contributed by atoms with Crippen LogP contribution in [0.25, 0.3) is 0 Å². The molecule has 0 aromatic heterocycles. The van der Waals surface area contributed by atoms with Gasteiger partial charge in [0, 0.05) is 11.2 Å². The highest BCUT2D eigenvalue weighted by atomic mass is 16.6. The summed E-state index contributed by atoms with van der Waals surface area (Å²) in [5, 5.41) is 5.85. The number of anilines is 1. The molecule has 2 rings (SSSR count). The highest BCUT2D eigenvalue weighted by molar-refractivity contribution is 5.99. The van der Waals surface area contributed by atoms with Gasteiger partial charge in [-0.3, -0.25) is 9.59 Å². The molecular weight excluding hydrogens is 518 g/mol. The van der Waals surface area contributed by atoms with Crippen molar-refractivity contribution < 1.29 is 23.9 Å². The van der Waals surface area contributed by atoms with Gasteiger partial charge in [-0.2, -0.15) is 0 Å². The van der Waals surface area contributed by atoms with Crippen molar-refractivity contribution in [1.29, 1.82) is 0 Å². The molecule has 0 saturated heterocycles. The van der Waals surface area contributed by atoms with E-state index < -0.39 is 29.3 Å². The van der Waals surface area contributed by atoms with Crippen LogP contribution < -0.4 is 15.4 Å². The number of rotatable bonds is 11. The zero-order valence-corrected chi connectivity index (χ0v) is 26.7. The number of aryl methyl sites for hydroxylation is 2. The minimum Gasteiger partial charge on any atom is -0.497 e. The first-order valence-electron chi connectivity index (χ1n) is 14.4. The number of amides is 3. The van der Waals surface area contributed by atoms with Crippen molar-refractivity contribution in [3.8, 4) is 5.75 Å². The zero-order chi connectivity index (χ0) is 31.1. The second-order valence-corrected chi connectivity index (χ2v) is 12.4. The van der Waals surface area contributed by atoms with E-state index in [0.29, 0.717) is 24.3 Å². The summed E-state index contributed by atoms with van der Waals surface area (Å²) in [6.07, 6.45) is 0.547. The van der Waals surface area contributed by atoms with Crippen molar-refractivity contribution in [1.82, 2.24) is 10.2 Å². The Hall–Kier alpha value is -3.55. The molecule has 8 heteroatoms. The maximum atomic E-state index is 14.6. The first kappa shape index (κ1) is 33.7. The molecule has 0 aliphatic heterocycles. The topological polar surface area (TPSA) is 97.0 Å². The van der Waals surface area contributed by atoms with E-state index in [4.69, 9.17) is 9.47 Å². The van der Waals surface area contributed by atoms with Crippen molar-refractivity contribution in [3.63, 3.8) is 0 Å². The molecule has 3 atom stereocenters. The fraction of sp³-hybridized carbons (Fsp3) is 0.545. The Bertz CT molecular complexity index is 1200. The van der Waals surface area contributed by atoms with E-state index in [9.17, 15) is 14.4 Å². The van der Waals surface area contributed by atoms with Crippen molar-refractivity contribution in [2.45, 2.75) is 105 Å². The SMILES string of the molecule is CCC(C)C(NC(=O)OC(C)(C)C)C(=O)N(C(C(=O)Nc1ccc(OC)cc1)c1ccc(C)cc1C)C(C)(C)CC. The van der Waals surface area contributed by atoms with Crippen LogP contribution in [-0.2, 0) is 14.3 Å². The fourth-order valence-corrected chi connectivity index (χ4v) is 4.63. The fourth-order valence-electron chi connectivity index (χ4n) is 4.63. The van der Waals surface area contributed by atoms with Gasteiger partial charge in [0.2, 0.25) is 5.91 Å². The van der Waals surface area contributed by atoms with Gasteiger partial charge in [-0.15, -0.1) is 0 Å². The lowest BCUT2D eigenvalue weighted by Crippen LogP contribution is -2.60. The van der Waals surface area contributed by atoms with Gasteiger partial charge in [-0.1, -0.05) is 51.0 Å². The predicted molar refractivity (Wildman–Crippen MR) is 164 cm³/mol. The van der Waals surface area contributed by atoms with Crippen LogP contribution >= 0.6 is 0 Å². The minimum absolute atomic E-state index is 0.213. The summed E-state index contributed by atoms with van der Waals surface area (Å²) in [6.45, 7) is 19.0. The van der Waals surface area contributed by atoms with E-state index in [-0.39, 0.29) is 17.7 Å². The molecule has 0 fully saturated rings. The molecule has 0 radical (unpaired) electrons. The number of hydrogen-bond donors (Lipinski definition) is 2. The van der Waals surface area contributed by atoms with Crippen LogP contribution in [0.2, 0.25) is 0 Å². The minimum atomic E-state index is -0.966. The number of ether oxygens (including phenoxy) is 2. The third-order valence-corrected chi connectivity index (χ3v) is 7.49. The lowest BCUT2D eigenvalue weighted by atomic mass is 9.88. The molecule has 2 aromatic rings. The highest BCUT2D eigenvalue weighted by Crippen LogP contribution is 2.35. The van der Waals surface area contributed by atoms with Gasteiger partial charge < -0.3 is 25.0 Å². The summed E-state index contributed by atoms with van der Waals surface area (Å²) in [6, 6.07) is 11.1. The molecule has 2 aromatic carbocycles. The smallest absolute Gasteiger partial charge is 0.408 e. The van der Waals surface area contributed by atoms with Gasteiger partial charge in [0.05, 0.1) is 7.11 Å². The van der Waals surface area contributed by atoms with Gasteiger partial charge in [-0.25, -0.2) is 4.79 Å². The molecule has 3 unspecified atom stereocenters. The monoisotopic (exact) mass is 567 g/mol. The van der Waals surface area contributed by atoms with Gasteiger partial charge in [0.25, 0.3) is 5.91 Å². The number of methoxy groups -OCH3 is 1. The molecule has 0 aliphatic carbocycles. The van der Waals surface area contributed by atoms with Crippen molar-refractivity contribution in [3.05, 3.63) is 59.2 Å². The quantitative estimate of drug-likeness (QED) is 0.306. The Morgan fingerprint density at radius 2 is 1.56 bits per heavy atom. The van der Waals surface area contributed by atoms with E-state index in [1.807, 2.05) is 66.7 Å². The standard InChI is InChI=1S/C33H49N3O5/c1-12-22(4)27(35-31(39)41-32(6,7)8)30(38)36(33(9,10)13-2)28(26-19-14-21(3)20-23(26)5)29(37)34-24-15-17-25(40-11)18-16-24/h14-20,22,27-28H,12-13H2,1-11H3,(H,34,37)(H,35,39). The van der Waals surface area contributed by atoms with Crippen LogP contribution in [0.1, 0.15) is 91.0 Å². The van der Waals surface area contributed by atoms with Crippen LogP contribution in [0.3, 0.4) is 0 Å². The molecule has 0 bridgehead atoms. The summed E-state index contributed by atoms with van der Waals surface area (Å²) >= 11 is 0. The Morgan fingerprint density at radius 1 is 0.951 bits per heavy atom. The van der Waals surface area contributed by atoms with E-state index in [1.165, 1.54) is 0 Å². The molecule has 0 spiro atoms. The molecule has 3 amide bonds. The van der Waals surface area contributed by atoms with Crippen LogP contribution in [-0.4, -0.2) is 47.1 Å². The first-order chi connectivity index (χ1) is 19.0. The Kier molecular flexibility index (Phi) is 11.4. The predicted octanol–water partition coefficient (Wildman–Crippen LogP) is 6.95. The van der Waals surface area contributed by atoms with Gasteiger partial charge in [0.15, 0.2) is 0 Å². The molecule has 8 nitrogen and oxygen atoms in total. The van der Waals surface area contributed by atoms with Crippen molar-refractivity contribution in [2.24, 2.45) is 5.92 Å². The summed E-state index contributed by atoms with van der Waals surface area (Å²) in [7, 11) is 1.58. The van der Waals surface area contributed by atoms with Crippen LogP contribution in [0.5, 0.6) is 5.75 Å². The second kappa shape index (κ2) is 13.9. The lowest BCUT2D eigenvalue weighted by molar-refractivity contribution is -0.148. The van der Waals surface area contributed by atoms with E-state index >= 15 is 0 Å². The van der Waals surface area contributed by atoms with Crippen molar-refractivity contribution >= 4 is 23.6 Å². The third-order valence-electron chi connectivity index (χ3n) is 7.49. The molecule has 41 heavy (non-hydrogen) atoms. The number of carbonyl (C=O) groups is 3. The highest BCUT2D eigenvalue weighted by Gasteiger charge is 2.44. The maximum absolute atomic E-state index is 14.6. The normalized spacial score (nSPS) is 13.9. The average Bonchev–Trinajstić information content (AvgIpc) is 2.89. The molecule has 226 valence electrons. The van der Waals surface area contributed by atoms with Gasteiger partial charge in [-0.05, 0) is 96.2 Å². The largest absolute Gasteiger partial charge is 0.497 e. The third kappa shape index (κ3) is 8.97. The van der Waals surface area contributed by atoms with Crippen molar-refractivity contribution in [2.75, 3.05) is 12.4 Å². The molecule has 0 aliphatic rings. The summed E-state index contributed by atoms with van der Waals surface area (Å²) in [4.78, 5) is 43.4. The number of nitrogens with zero attached hydrogens (tertiary/aromatic N) is 1. The van der Waals surface area contributed by atoms with Gasteiger partial charge >= 0.3 is 6.09 Å². The number of alkyl carbamates (subject to hydrolysis) is 1.